The first-order valence-corrected chi connectivity index (χ1v) is 14.0. The van der Waals surface area contributed by atoms with Gasteiger partial charge in [0.2, 0.25) is 0 Å². The predicted molar refractivity (Wildman–Crippen MR) is 148 cm³/mol. The van der Waals surface area contributed by atoms with Crippen LogP contribution in [-0.4, -0.2) is 52.3 Å². The zero-order valence-corrected chi connectivity index (χ0v) is 22.6. The number of aliphatic hydroxyl groups excluding tert-OH is 2. The van der Waals surface area contributed by atoms with Crippen LogP contribution in [0.15, 0.2) is 66.7 Å². The second kappa shape index (κ2) is 12.3. The van der Waals surface area contributed by atoms with Crippen LogP contribution in [-0.2, 0) is 20.8 Å². The standard InChI is InChI=1S/C30H29NO8S/c1-17-25(16-40-12-11-32)37-30(38-26(17)19-7-5-18(15-33)6-8-19)21-3-2-4-22(13-21)31-27(34)20-9-10-23-24(14-20)29(36)39-28(23)35/h2-10,13-14,17,25-26,30,32-33H,11-12,15-16H2,1H3,(H,31,34). The Hall–Kier alpha value is -3.54. The highest BCUT2D eigenvalue weighted by molar-refractivity contribution is 7.99. The van der Waals surface area contributed by atoms with Gasteiger partial charge in [0.25, 0.3) is 5.91 Å². The van der Waals surface area contributed by atoms with Crippen LogP contribution in [0.4, 0.5) is 5.69 Å². The van der Waals surface area contributed by atoms with Gasteiger partial charge in [-0.3, -0.25) is 4.79 Å². The molecule has 5 rings (SSSR count). The number of esters is 2. The molecule has 2 aliphatic rings. The number of ether oxygens (including phenoxy) is 3. The van der Waals surface area contributed by atoms with Gasteiger partial charge in [0.1, 0.15) is 0 Å². The number of carbonyl (C=O) groups is 3. The molecule has 2 aliphatic heterocycles. The summed E-state index contributed by atoms with van der Waals surface area (Å²) in [7, 11) is 0. The third-order valence-electron chi connectivity index (χ3n) is 6.96. The summed E-state index contributed by atoms with van der Waals surface area (Å²) in [4.78, 5) is 36.6. The molecular weight excluding hydrogens is 534 g/mol. The number of rotatable bonds is 9. The number of fused-ring (bicyclic) bond motifs is 1. The predicted octanol–water partition coefficient (Wildman–Crippen LogP) is 4.26. The lowest BCUT2D eigenvalue weighted by atomic mass is 9.91. The lowest BCUT2D eigenvalue weighted by molar-refractivity contribution is -0.268. The van der Waals surface area contributed by atoms with Crippen molar-refractivity contribution in [1.29, 1.82) is 0 Å². The second-order valence-corrected chi connectivity index (χ2v) is 10.8. The second-order valence-electron chi connectivity index (χ2n) is 9.64. The molecule has 1 saturated heterocycles. The van der Waals surface area contributed by atoms with E-state index in [2.05, 4.69) is 17.0 Å². The van der Waals surface area contributed by atoms with Gasteiger partial charge in [-0.05, 0) is 41.5 Å². The van der Waals surface area contributed by atoms with E-state index in [1.54, 1.807) is 30.0 Å². The quantitative estimate of drug-likeness (QED) is 0.199. The maximum atomic E-state index is 13.0. The van der Waals surface area contributed by atoms with Gasteiger partial charge in [-0.25, -0.2) is 9.59 Å². The highest BCUT2D eigenvalue weighted by Crippen LogP contribution is 2.42. The molecule has 3 aromatic rings. The first-order chi connectivity index (χ1) is 19.4. The molecule has 0 aromatic heterocycles. The van der Waals surface area contributed by atoms with Crippen LogP contribution in [0.2, 0.25) is 0 Å². The van der Waals surface area contributed by atoms with Gasteiger partial charge in [0.05, 0.1) is 36.5 Å². The van der Waals surface area contributed by atoms with E-state index in [1.807, 2.05) is 30.3 Å². The summed E-state index contributed by atoms with van der Waals surface area (Å²) in [6, 6.07) is 19.0. The molecule has 1 fully saturated rings. The lowest BCUT2D eigenvalue weighted by Gasteiger charge is -2.41. The Bertz CT molecular complexity index is 1410. The van der Waals surface area contributed by atoms with Gasteiger partial charge in [0, 0.05) is 34.2 Å². The lowest BCUT2D eigenvalue weighted by Crippen LogP contribution is -2.38. The highest BCUT2D eigenvalue weighted by atomic mass is 32.2. The summed E-state index contributed by atoms with van der Waals surface area (Å²) in [5.41, 5.74) is 3.40. The highest BCUT2D eigenvalue weighted by Gasteiger charge is 2.38. The first-order valence-electron chi connectivity index (χ1n) is 12.9. The Morgan fingerprint density at radius 3 is 2.45 bits per heavy atom. The van der Waals surface area contributed by atoms with E-state index in [0.29, 0.717) is 22.8 Å². The molecule has 40 heavy (non-hydrogen) atoms. The molecule has 0 radical (unpaired) electrons. The van der Waals surface area contributed by atoms with E-state index in [0.717, 1.165) is 11.1 Å². The van der Waals surface area contributed by atoms with Gasteiger partial charge < -0.3 is 29.7 Å². The van der Waals surface area contributed by atoms with E-state index < -0.39 is 24.1 Å². The number of nitrogens with one attached hydrogen (secondary N) is 1. The fraction of sp³-hybridized carbons (Fsp3) is 0.300. The van der Waals surface area contributed by atoms with Crippen LogP contribution < -0.4 is 5.32 Å². The van der Waals surface area contributed by atoms with Crippen LogP contribution >= 0.6 is 11.8 Å². The monoisotopic (exact) mass is 563 g/mol. The summed E-state index contributed by atoms with van der Waals surface area (Å²) in [5, 5.41) is 21.5. The molecule has 3 N–H and O–H groups in total. The molecule has 4 atom stereocenters. The van der Waals surface area contributed by atoms with Gasteiger partial charge in [-0.1, -0.05) is 43.3 Å². The molecule has 0 bridgehead atoms. The smallest absolute Gasteiger partial charge is 0.346 e. The fourth-order valence-electron chi connectivity index (χ4n) is 4.77. The summed E-state index contributed by atoms with van der Waals surface area (Å²) in [6.07, 6.45) is -1.15. The maximum absolute atomic E-state index is 13.0. The largest absolute Gasteiger partial charge is 0.396 e. The van der Waals surface area contributed by atoms with Crippen LogP contribution in [0.5, 0.6) is 0 Å². The molecule has 10 heteroatoms. The molecule has 4 unspecified atom stereocenters. The Balaban J connectivity index is 1.36. The Kier molecular flexibility index (Phi) is 8.63. The third kappa shape index (κ3) is 5.96. The van der Waals surface area contributed by atoms with E-state index >= 15 is 0 Å². The summed E-state index contributed by atoms with van der Waals surface area (Å²) in [6.45, 7) is 2.11. The molecule has 0 aliphatic carbocycles. The van der Waals surface area contributed by atoms with Crippen LogP contribution in [0.1, 0.15) is 67.1 Å². The number of amides is 1. The molecule has 9 nitrogen and oxygen atoms in total. The molecule has 1 amide bonds. The average molecular weight is 564 g/mol. The Morgan fingerprint density at radius 2 is 1.70 bits per heavy atom. The van der Waals surface area contributed by atoms with Crippen molar-refractivity contribution < 1.29 is 38.8 Å². The number of cyclic esters (lactones) is 2. The number of anilines is 1. The summed E-state index contributed by atoms with van der Waals surface area (Å²) >= 11 is 1.61. The first kappa shape index (κ1) is 28.0. The Labute approximate surface area is 235 Å². The van der Waals surface area contributed by atoms with Crippen molar-refractivity contribution in [2.75, 3.05) is 23.4 Å². The fourth-order valence-corrected chi connectivity index (χ4v) is 5.68. The average Bonchev–Trinajstić information content (AvgIpc) is 3.26. The number of thioether (sulfide) groups is 1. The molecule has 208 valence electrons. The Morgan fingerprint density at radius 1 is 0.925 bits per heavy atom. The molecular formula is C30H29NO8S. The van der Waals surface area contributed by atoms with Crippen molar-refractivity contribution >= 4 is 35.3 Å². The van der Waals surface area contributed by atoms with E-state index in [4.69, 9.17) is 9.47 Å². The van der Waals surface area contributed by atoms with Crippen LogP contribution in [0.25, 0.3) is 0 Å². The number of hydrogen-bond acceptors (Lipinski definition) is 9. The van der Waals surface area contributed by atoms with Crippen LogP contribution in [0.3, 0.4) is 0 Å². The van der Waals surface area contributed by atoms with Crippen molar-refractivity contribution in [3.8, 4) is 0 Å². The van der Waals surface area contributed by atoms with Crippen molar-refractivity contribution in [3.05, 3.63) is 100 Å². The minimum Gasteiger partial charge on any atom is -0.396 e. The van der Waals surface area contributed by atoms with E-state index in [-0.39, 0.29) is 48.0 Å². The topological polar surface area (TPSA) is 131 Å². The maximum Gasteiger partial charge on any atom is 0.346 e. The number of hydrogen-bond donors (Lipinski definition) is 3. The summed E-state index contributed by atoms with van der Waals surface area (Å²) < 4.78 is 17.4. The molecule has 3 aromatic carbocycles. The molecule has 0 saturated carbocycles. The number of carbonyl (C=O) groups excluding carboxylic acids is 3. The zero-order valence-electron chi connectivity index (χ0n) is 21.7. The van der Waals surface area contributed by atoms with Gasteiger partial charge >= 0.3 is 11.9 Å². The number of aliphatic hydroxyl groups is 2. The van der Waals surface area contributed by atoms with Crippen molar-refractivity contribution in [1.82, 2.24) is 0 Å². The van der Waals surface area contributed by atoms with Crippen molar-refractivity contribution in [2.45, 2.75) is 32.0 Å². The molecule has 0 spiro atoms. The summed E-state index contributed by atoms with van der Waals surface area (Å²) in [5.74, 6) is -0.659. The minimum absolute atomic E-state index is 0.0173. The van der Waals surface area contributed by atoms with Crippen molar-refractivity contribution in [2.24, 2.45) is 5.92 Å². The van der Waals surface area contributed by atoms with Gasteiger partial charge in [-0.2, -0.15) is 11.8 Å². The van der Waals surface area contributed by atoms with Gasteiger partial charge in [-0.15, -0.1) is 0 Å². The van der Waals surface area contributed by atoms with Crippen LogP contribution in [0, 0.1) is 5.92 Å². The number of benzene rings is 3. The minimum atomic E-state index is -0.773. The van der Waals surface area contributed by atoms with Crippen molar-refractivity contribution in [3.63, 3.8) is 0 Å². The van der Waals surface area contributed by atoms with Gasteiger partial charge in [0.15, 0.2) is 6.29 Å². The normalized spacial score (nSPS) is 22.1. The van der Waals surface area contributed by atoms with E-state index in [1.165, 1.54) is 18.2 Å². The van der Waals surface area contributed by atoms with E-state index in [9.17, 15) is 24.6 Å². The third-order valence-corrected chi connectivity index (χ3v) is 8.00. The molecule has 2 heterocycles. The SMILES string of the molecule is CC1C(CSCCO)OC(c2cccc(NC(=O)c3ccc4c(c3)C(=O)OC4=O)c2)OC1c1ccc(CO)cc1. The zero-order chi connectivity index (χ0) is 28.2.